The molecule has 0 aliphatic rings. The zero-order chi connectivity index (χ0) is 9.07. The van der Waals surface area contributed by atoms with E-state index in [0.717, 1.165) is 12.8 Å². The van der Waals surface area contributed by atoms with E-state index in [4.69, 9.17) is 22.2 Å². The number of hydrogen-bond donors (Lipinski definition) is 0. The summed E-state index contributed by atoms with van der Waals surface area (Å²) in [5.41, 5.74) is 1.03. The molecular formula is C8H18Cl2Si. The Hall–Kier alpha value is 0.797. The molecule has 2 unspecified atom stereocenters. The van der Waals surface area contributed by atoms with E-state index in [1.165, 1.54) is 0 Å². The standard InChI is InChI=1S/C8H18Cl2Si/c1-5-7(3)11(9,10)8(4)6-2/h7-8H,5-6H2,1-4H3. The van der Waals surface area contributed by atoms with E-state index in [1.54, 1.807) is 0 Å². The van der Waals surface area contributed by atoms with E-state index in [0.29, 0.717) is 11.1 Å². The highest BCUT2D eigenvalue weighted by atomic mass is 35.7. The average molecular weight is 213 g/mol. The summed E-state index contributed by atoms with van der Waals surface area (Å²) in [6, 6.07) is 0. The lowest BCUT2D eigenvalue weighted by atomic mass is 10.4. The van der Waals surface area contributed by atoms with Gasteiger partial charge in [0.15, 0.2) is 0 Å². The molecule has 68 valence electrons. The zero-order valence-electron chi connectivity index (χ0n) is 7.82. The molecule has 0 N–H and O–H groups in total. The minimum Gasteiger partial charge on any atom is -0.145 e. The normalized spacial score (nSPS) is 18.0. The first-order valence-electron chi connectivity index (χ1n) is 4.34. The number of rotatable bonds is 4. The van der Waals surface area contributed by atoms with Gasteiger partial charge in [0.05, 0.1) is 0 Å². The van der Waals surface area contributed by atoms with Crippen LogP contribution in [0.4, 0.5) is 0 Å². The maximum atomic E-state index is 6.34. The van der Waals surface area contributed by atoms with Crippen LogP contribution in [0.2, 0.25) is 11.1 Å². The van der Waals surface area contributed by atoms with Gasteiger partial charge in [-0.25, -0.2) is 0 Å². The Balaban J connectivity index is 4.18. The second-order valence-corrected chi connectivity index (χ2v) is 10.9. The van der Waals surface area contributed by atoms with Crippen LogP contribution in [0, 0.1) is 0 Å². The first-order chi connectivity index (χ1) is 4.96. The Bertz CT molecular complexity index is 103. The van der Waals surface area contributed by atoms with Crippen molar-refractivity contribution in [2.75, 3.05) is 0 Å². The molecule has 0 bridgehead atoms. The van der Waals surface area contributed by atoms with Gasteiger partial charge in [0.1, 0.15) is 0 Å². The van der Waals surface area contributed by atoms with Crippen molar-refractivity contribution in [3.8, 4) is 0 Å². The predicted molar refractivity (Wildman–Crippen MR) is 56.9 cm³/mol. The summed E-state index contributed by atoms with van der Waals surface area (Å²) in [6.45, 7) is 6.67. The highest BCUT2D eigenvalue weighted by molar-refractivity contribution is 7.46. The van der Waals surface area contributed by atoms with E-state index < -0.39 is 6.69 Å². The molecule has 0 spiro atoms. The fraction of sp³-hybridized carbons (Fsp3) is 1.00. The molecule has 0 radical (unpaired) electrons. The van der Waals surface area contributed by atoms with Crippen molar-refractivity contribution in [3.05, 3.63) is 0 Å². The molecule has 0 amide bonds. The fourth-order valence-electron chi connectivity index (χ4n) is 1.03. The quantitative estimate of drug-likeness (QED) is 0.476. The van der Waals surface area contributed by atoms with Gasteiger partial charge in [-0.15, -0.1) is 22.2 Å². The topological polar surface area (TPSA) is 0 Å². The van der Waals surface area contributed by atoms with Gasteiger partial charge in [0.2, 0.25) is 0 Å². The van der Waals surface area contributed by atoms with Gasteiger partial charge in [0.25, 0.3) is 6.69 Å². The SMILES string of the molecule is CCC(C)[Si](Cl)(Cl)C(C)CC. The van der Waals surface area contributed by atoms with Gasteiger partial charge in [-0.3, -0.25) is 0 Å². The van der Waals surface area contributed by atoms with Gasteiger partial charge in [-0.2, -0.15) is 0 Å². The Labute approximate surface area is 80.7 Å². The molecule has 2 atom stereocenters. The summed E-state index contributed by atoms with van der Waals surface area (Å²) < 4.78 is 0. The summed E-state index contributed by atoms with van der Waals surface area (Å²) >= 11 is 12.7. The molecule has 0 aromatic rings. The monoisotopic (exact) mass is 212 g/mol. The van der Waals surface area contributed by atoms with Crippen LogP contribution in [-0.2, 0) is 0 Å². The van der Waals surface area contributed by atoms with Crippen molar-refractivity contribution in [3.63, 3.8) is 0 Å². The van der Waals surface area contributed by atoms with E-state index in [1.807, 2.05) is 0 Å². The molecule has 0 aromatic carbocycles. The maximum Gasteiger partial charge on any atom is 0.256 e. The molecule has 11 heavy (non-hydrogen) atoms. The summed E-state index contributed by atoms with van der Waals surface area (Å²) in [5, 5.41) is 0. The van der Waals surface area contributed by atoms with Gasteiger partial charge in [0, 0.05) is 0 Å². The lowest BCUT2D eigenvalue weighted by Crippen LogP contribution is -2.29. The van der Waals surface area contributed by atoms with Crippen LogP contribution in [0.25, 0.3) is 0 Å². The van der Waals surface area contributed by atoms with Crippen LogP contribution in [0.15, 0.2) is 0 Å². The van der Waals surface area contributed by atoms with Crippen LogP contribution >= 0.6 is 22.2 Å². The molecule has 0 aliphatic heterocycles. The maximum absolute atomic E-state index is 6.34. The number of hydrogen-bond acceptors (Lipinski definition) is 0. The van der Waals surface area contributed by atoms with Crippen molar-refractivity contribution in [1.82, 2.24) is 0 Å². The third-order valence-electron chi connectivity index (χ3n) is 2.54. The van der Waals surface area contributed by atoms with E-state index in [9.17, 15) is 0 Å². The first-order valence-corrected chi connectivity index (χ1v) is 8.52. The minimum absolute atomic E-state index is 0.515. The van der Waals surface area contributed by atoms with Crippen LogP contribution in [0.5, 0.6) is 0 Å². The molecule has 3 heteroatoms. The molecular weight excluding hydrogens is 195 g/mol. The van der Waals surface area contributed by atoms with Crippen molar-refractivity contribution in [2.45, 2.75) is 51.6 Å². The summed E-state index contributed by atoms with van der Waals surface area (Å²) in [5.74, 6) is 0. The van der Waals surface area contributed by atoms with Gasteiger partial charge in [-0.05, 0) is 11.1 Å². The lowest BCUT2D eigenvalue weighted by molar-refractivity contribution is 0.789. The van der Waals surface area contributed by atoms with E-state index in [2.05, 4.69) is 27.7 Å². The summed E-state index contributed by atoms with van der Waals surface area (Å²) in [6.07, 6.45) is 2.20. The van der Waals surface area contributed by atoms with E-state index >= 15 is 0 Å². The highest BCUT2D eigenvalue weighted by Gasteiger charge is 2.39. The van der Waals surface area contributed by atoms with Crippen molar-refractivity contribution >= 4 is 28.9 Å². The second kappa shape index (κ2) is 4.73. The fourth-order valence-corrected chi connectivity index (χ4v) is 4.94. The molecule has 0 aliphatic carbocycles. The van der Waals surface area contributed by atoms with E-state index in [-0.39, 0.29) is 0 Å². The smallest absolute Gasteiger partial charge is 0.145 e. The zero-order valence-corrected chi connectivity index (χ0v) is 10.3. The molecule has 0 nitrogen and oxygen atoms in total. The molecule has 0 aromatic heterocycles. The molecule has 0 saturated heterocycles. The lowest BCUT2D eigenvalue weighted by Gasteiger charge is -2.28. The summed E-state index contributed by atoms with van der Waals surface area (Å²) in [7, 11) is 0. The predicted octanol–water partition coefficient (Wildman–Crippen LogP) is 4.51. The van der Waals surface area contributed by atoms with Crippen molar-refractivity contribution in [1.29, 1.82) is 0 Å². The Morgan fingerprint density at radius 2 is 1.27 bits per heavy atom. The second-order valence-electron chi connectivity index (χ2n) is 3.29. The third kappa shape index (κ3) is 2.96. The minimum atomic E-state index is -1.97. The van der Waals surface area contributed by atoms with Crippen LogP contribution in [-0.4, -0.2) is 6.69 Å². The Kier molecular flexibility index (Phi) is 5.08. The van der Waals surface area contributed by atoms with Crippen molar-refractivity contribution < 1.29 is 0 Å². The van der Waals surface area contributed by atoms with Gasteiger partial charge >= 0.3 is 0 Å². The van der Waals surface area contributed by atoms with Gasteiger partial charge < -0.3 is 0 Å². The first kappa shape index (κ1) is 11.8. The number of halogens is 2. The molecule has 0 saturated carbocycles. The molecule has 0 rings (SSSR count). The Morgan fingerprint density at radius 3 is 1.45 bits per heavy atom. The van der Waals surface area contributed by atoms with Gasteiger partial charge in [-0.1, -0.05) is 40.5 Å². The van der Waals surface area contributed by atoms with Crippen LogP contribution in [0.1, 0.15) is 40.5 Å². The van der Waals surface area contributed by atoms with Crippen LogP contribution < -0.4 is 0 Å². The largest absolute Gasteiger partial charge is 0.256 e. The Morgan fingerprint density at radius 1 is 1.00 bits per heavy atom. The highest BCUT2D eigenvalue weighted by Crippen LogP contribution is 2.42. The third-order valence-corrected chi connectivity index (χ3v) is 10.5. The van der Waals surface area contributed by atoms with Crippen LogP contribution in [0.3, 0.4) is 0 Å². The molecule has 0 heterocycles. The molecule has 0 fully saturated rings. The summed E-state index contributed by atoms with van der Waals surface area (Å²) in [4.78, 5) is 0. The average Bonchev–Trinajstić information content (AvgIpc) is 2.01. The van der Waals surface area contributed by atoms with Crippen molar-refractivity contribution in [2.24, 2.45) is 0 Å².